The van der Waals surface area contributed by atoms with Gasteiger partial charge < -0.3 is 0 Å². The van der Waals surface area contributed by atoms with Gasteiger partial charge in [-0.05, 0) is 47.3 Å². The van der Waals surface area contributed by atoms with E-state index in [1.165, 1.54) is 86.5 Å². The van der Waals surface area contributed by atoms with Gasteiger partial charge in [0.15, 0.2) is 0 Å². The van der Waals surface area contributed by atoms with E-state index < -0.39 is 0 Å². The summed E-state index contributed by atoms with van der Waals surface area (Å²) >= 11 is 0. The molecule has 0 heteroatoms. The van der Waals surface area contributed by atoms with Gasteiger partial charge in [0.2, 0.25) is 0 Å². The second kappa shape index (κ2) is 11.3. The average Bonchev–Trinajstić information content (AvgIpc) is 2.55. The molecule has 0 aliphatic carbocycles. The van der Waals surface area contributed by atoms with Crippen LogP contribution in [0.4, 0.5) is 0 Å². The van der Waals surface area contributed by atoms with Crippen molar-refractivity contribution in [2.75, 3.05) is 0 Å². The van der Waals surface area contributed by atoms with E-state index in [0.717, 1.165) is 0 Å². The third kappa shape index (κ3) is 8.84. The highest BCUT2D eigenvalue weighted by Crippen LogP contribution is 2.36. The van der Waals surface area contributed by atoms with Crippen LogP contribution >= 0.6 is 0 Å². The fourth-order valence-corrected chi connectivity index (χ4v) is 3.96. The molecule has 155 valence electrons. The first-order valence-corrected chi connectivity index (χ1v) is 11.6. The fourth-order valence-electron chi connectivity index (χ4n) is 3.96. The average molecular weight is 372 g/mol. The van der Waals surface area contributed by atoms with Crippen LogP contribution in [-0.4, -0.2) is 0 Å². The summed E-state index contributed by atoms with van der Waals surface area (Å²) in [5.74, 6) is 0. The molecule has 1 rings (SSSR count). The third-order valence-corrected chi connectivity index (χ3v) is 5.60. The Morgan fingerprint density at radius 2 is 1.07 bits per heavy atom. The molecule has 1 radical (unpaired) electrons. The van der Waals surface area contributed by atoms with Crippen molar-refractivity contribution in [2.45, 2.75) is 130 Å². The maximum atomic E-state index is 2.54. The lowest BCUT2D eigenvalue weighted by atomic mass is 9.74. The molecule has 0 aliphatic rings. The summed E-state index contributed by atoms with van der Waals surface area (Å²) in [6, 6.07) is 4.83. The van der Waals surface area contributed by atoms with E-state index in [9.17, 15) is 0 Å². The Morgan fingerprint density at radius 3 is 1.48 bits per heavy atom. The maximum absolute atomic E-state index is 2.54. The van der Waals surface area contributed by atoms with Crippen LogP contribution in [0.5, 0.6) is 0 Å². The Bertz CT molecular complexity index is 501. The van der Waals surface area contributed by atoms with Crippen LogP contribution in [0.25, 0.3) is 0 Å². The fraction of sp³-hybridized carbons (Fsp3) is 0.741. The van der Waals surface area contributed by atoms with Crippen molar-refractivity contribution in [1.29, 1.82) is 0 Å². The molecule has 0 N–H and O–H groups in total. The molecule has 1 aromatic rings. The Kier molecular flexibility index (Phi) is 10.1. The predicted molar refractivity (Wildman–Crippen MR) is 124 cm³/mol. The Labute approximate surface area is 171 Å². The molecule has 0 saturated heterocycles. The Hall–Kier alpha value is -0.780. The molecule has 0 saturated carbocycles. The van der Waals surface area contributed by atoms with Crippen LogP contribution in [0, 0.1) is 13.3 Å². The van der Waals surface area contributed by atoms with Gasteiger partial charge in [0.25, 0.3) is 0 Å². The zero-order valence-electron chi connectivity index (χ0n) is 19.8. The van der Waals surface area contributed by atoms with Crippen LogP contribution in [-0.2, 0) is 10.8 Å². The van der Waals surface area contributed by atoms with Gasteiger partial charge in [0.05, 0.1) is 0 Å². The highest BCUT2D eigenvalue weighted by molar-refractivity contribution is 5.49. The largest absolute Gasteiger partial charge is 0.0654 e. The van der Waals surface area contributed by atoms with Gasteiger partial charge in [-0.3, -0.25) is 0 Å². The molecule has 0 atom stereocenters. The lowest BCUT2D eigenvalue weighted by Gasteiger charge is -2.31. The minimum atomic E-state index is 0.191. The van der Waals surface area contributed by atoms with Crippen molar-refractivity contribution < 1.29 is 0 Å². The summed E-state index contributed by atoms with van der Waals surface area (Å²) < 4.78 is 0. The summed E-state index contributed by atoms with van der Waals surface area (Å²) in [6.45, 7) is 18.6. The first kappa shape index (κ1) is 24.3. The number of hydrogen-bond acceptors (Lipinski definition) is 0. The lowest BCUT2D eigenvalue weighted by Crippen LogP contribution is -2.21. The predicted octanol–water partition coefficient (Wildman–Crippen LogP) is 9.06. The number of hydrogen-bond donors (Lipinski definition) is 0. The number of unbranched alkanes of at least 4 members (excludes halogenated alkanes) is 9. The summed E-state index contributed by atoms with van der Waals surface area (Å²) in [7, 11) is 0. The van der Waals surface area contributed by atoms with E-state index in [1.54, 1.807) is 0 Å². The van der Waals surface area contributed by atoms with Crippen LogP contribution < -0.4 is 0 Å². The molecule has 0 unspecified atom stereocenters. The zero-order valence-corrected chi connectivity index (χ0v) is 19.8. The lowest BCUT2D eigenvalue weighted by molar-refractivity contribution is 0.553. The van der Waals surface area contributed by atoms with Gasteiger partial charge in [-0.25, -0.2) is 0 Å². The van der Waals surface area contributed by atoms with Crippen molar-refractivity contribution in [3.63, 3.8) is 0 Å². The van der Waals surface area contributed by atoms with E-state index in [-0.39, 0.29) is 10.8 Å². The molecule has 0 aliphatic heterocycles. The standard InChI is InChI=1S/C27H47/c1-9-10-11-12-13-14-15-16-17-18-19-23-24(26(3,4)5)20-22(2)21-25(23)27(6,7)8/h19-21H,9-18H2,1-8H3. The number of benzene rings is 1. The normalized spacial score (nSPS) is 12.6. The molecule has 27 heavy (non-hydrogen) atoms. The van der Waals surface area contributed by atoms with E-state index >= 15 is 0 Å². The van der Waals surface area contributed by atoms with Gasteiger partial charge in [0.1, 0.15) is 0 Å². The van der Waals surface area contributed by atoms with Gasteiger partial charge >= 0.3 is 0 Å². The highest BCUT2D eigenvalue weighted by atomic mass is 14.3. The first-order valence-electron chi connectivity index (χ1n) is 11.6. The monoisotopic (exact) mass is 371 g/mol. The number of rotatable bonds is 11. The molecular weight excluding hydrogens is 324 g/mol. The van der Waals surface area contributed by atoms with E-state index in [2.05, 4.69) is 73.9 Å². The van der Waals surface area contributed by atoms with Crippen molar-refractivity contribution in [2.24, 2.45) is 0 Å². The van der Waals surface area contributed by atoms with Crippen molar-refractivity contribution in [1.82, 2.24) is 0 Å². The smallest absolute Gasteiger partial charge is 0.00870 e. The molecule has 0 bridgehead atoms. The summed E-state index contributed by atoms with van der Waals surface area (Å²) in [6.07, 6.45) is 16.4. The van der Waals surface area contributed by atoms with Crippen molar-refractivity contribution in [3.05, 3.63) is 40.8 Å². The molecule has 1 aromatic carbocycles. The summed E-state index contributed by atoms with van der Waals surface area (Å²) in [5, 5.41) is 0. The second-order valence-electron chi connectivity index (χ2n) is 10.6. The molecule has 0 nitrogen and oxygen atoms in total. The van der Waals surface area contributed by atoms with Gasteiger partial charge in [-0.15, -0.1) is 0 Å². The summed E-state index contributed by atoms with van der Waals surface area (Å²) in [4.78, 5) is 0. The van der Waals surface area contributed by atoms with Gasteiger partial charge in [-0.2, -0.15) is 0 Å². The minimum absolute atomic E-state index is 0.191. The topological polar surface area (TPSA) is 0 Å². The third-order valence-electron chi connectivity index (χ3n) is 5.60. The van der Waals surface area contributed by atoms with E-state index in [4.69, 9.17) is 0 Å². The number of aryl methyl sites for hydroxylation is 1. The van der Waals surface area contributed by atoms with Crippen LogP contribution in [0.1, 0.15) is 135 Å². The second-order valence-corrected chi connectivity index (χ2v) is 10.6. The quantitative estimate of drug-likeness (QED) is 0.340. The molecule has 0 heterocycles. The van der Waals surface area contributed by atoms with Crippen molar-refractivity contribution >= 4 is 0 Å². The van der Waals surface area contributed by atoms with Crippen LogP contribution in [0.3, 0.4) is 0 Å². The highest BCUT2D eigenvalue weighted by Gasteiger charge is 2.25. The van der Waals surface area contributed by atoms with Crippen LogP contribution in [0.2, 0.25) is 0 Å². The molecule has 0 spiro atoms. The van der Waals surface area contributed by atoms with Gasteiger partial charge in [0, 0.05) is 0 Å². The molecule has 0 fully saturated rings. The molecular formula is C27H47. The molecule has 0 aromatic heterocycles. The van der Waals surface area contributed by atoms with Crippen molar-refractivity contribution in [3.8, 4) is 0 Å². The first-order chi connectivity index (χ1) is 12.6. The zero-order chi connectivity index (χ0) is 20.5. The van der Waals surface area contributed by atoms with E-state index in [0.29, 0.717) is 0 Å². The van der Waals surface area contributed by atoms with E-state index in [1.807, 2.05) is 0 Å². The summed E-state index contributed by atoms with van der Waals surface area (Å²) in [5.41, 5.74) is 6.32. The maximum Gasteiger partial charge on any atom is -0.00870 e. The SMILES string of the molecule is CCCCCCCCCCC[CH]c1c(C(C)(C)C)cc(C)cc1C(C)(C)C. The van der Waals surface area contributed by atoms with Gasteiger partial charge in [-0.1, -0.05) is 124 Å². The minimum Gasteiger partial charge on any atom is -0.0654 e. The molecule has 0 amide bonds. The Balaban J connectivity index is 2.61. The van der Waals surface area contributed by atoms with Crippen LogP contribution in [0.15, 0.2) is 12.1 Å². The Morgan fingerprint density at radius 1 is 0.667 bits per heavy atom.